The van der Waals surface area contributed by atoms with Gasteiger partial charge in [-0.2, -0.15) is 0 Å². The molecule has 3 heteroatoms. The van der Waals surface area contributed by atoms with E-state index in [1.807, 2.05) is 26.8 Å². The molecule has 0 saturated carbocycles. The van der Waals surface area contributed by atoms with Gasteiger partial charge in [0.05, 0.1) is 0 Å². The van der Waals surface area contributed by atoms with Gasteiger partial charge in [0.25, 0.3) is 0 Å². The summed E-state index contributed by atoms with van der Waals surface area (Å²) in [5.41, 5.74) is -0.422. The second-order valence-corrected chi connectivity index (χ2v) is 6.10. The Morgan fingerprint density at radius 1 is 1.39 bits per heavy atom. The summed E-state index contributed by atoms with van der Waals surface area (Å²) in [6.45, 7) is 14.4. The van der Waals surface area contributed by atoms with Gasteiger partial charge in [0.1, 0.15) is 11.6 Å². The van der Waals surface area contributed by atoms with E-state index in [4.69, 9.17) is 4.74 Å². The van der Waals surface area contributed by atoms with Crippen LogP contribution >= 0.6 is 0 Å². The van der Waals surface area contributed by atoms with Gasteiger partial charge in [-0.05, 0) is 52.5 Å². The molecular weight excluding hydrogens is 226 g/mol. The molecule has 0 unspecified atom stereocenters. The summed E-state index contributed by atoms with van der Waals surface area (Å²) in [5, 5.41) is 3.29. The Balaban J connectivity index is 4.28. The summed E-state index contributed by atoms with van der Waals surface area (Å²) < 4.78 is 5.44. The first-order valence-electron chi connectivity index (χ1n) is 6.83. The lowest BCUT2D eigenvalue weighted by atomic mass is 10.0. The number of hydrogen-bond acceptors (Lipinski definition) is 3. The largest absolute Gasteiger partial charge is 0.459 e. The molecule has 0 aliphatic carbocycles. The normalized spacial score (nSPS) is 13.4. The molecule has 3 nitrogen and oxygen atoms in total. The minimum absolute atomic E-state index is 0.144. The van der Waals surface area contributed by atoms with Crippen LogP contribution in [-0.2, 0) is 9.53 Å². The number of esters is 1. The van der Waals surface area contributed by atoms with Gasteiger partial charge in [0.2, 0.25) is 0 Å². The number of nitrogens with one attached hydrogen (secondary N) is 1. The average molecular weight is 255 g/mol. The Hall–Kier alpha value is -0.830. The quantitative estimate of drug-likeness (QED) is 0.411. The molecule has 0 bridgehead atoms. The van der Waals surface area contributed by atoms with E-state index in [0.717, 1.165) is 25.8 Å². The Labute approximate surface area is 112 Å². The van der Waals surface area contributed by atoms with Gasteiger partial charge in [0, 0.05) is 0 Å². The number of unbranched alkanes of at least 4 members (excludes halogenated alkanes) is 1. The summed E-state index contributed by atoms with van der Waals surface area (Å²) in [4.78, 5) is 12.1. The van der Waals surface area contributed by atoms with E-state index in [2.05, 4.69) is 25.7 Å². The highest BCUT2D eigenvalue weighted by Gasteiger charge is 2.25. The molecule has 0 aromatic carbocycles. The summed E-state index contributed by atoms with van der Waals surface area (Å²) in [6.07, 6.45) is 4.67. The second kappa shape index (κ2) is 8.30. The third-order valence-corrected chi connectivity index (χ3v) is 2.37. The highest BCUT2D eigenvalue weighted by Crippen LogP contribution is 2.12. The fourth-order valence-corrected chi connectivity index (χ4v) is 1.63. The molecule has 1 N–H and O–H groups in total. The molecule has 1 atom stereocenters. The zero-order valence-electron chi connectivity index (χ0n) is 12.6. The maximum atomic E-state index is 12.1. The molecule has 0 aliphatic rings. The smallest absolute Gasteiger partial charge is 0.323 e. The molecule has 0 spiro atoms. The Morgan fingerprint density at radius 3 is 2.44 bits per heavy atom. The second-order valence-electron chi connectivity index (χ2n) is 6.10. The van der Waals surface area contributed by atoms with Crippen molar-refractivity contribution in [2.45, 2.75) is 65.5 Å². The van der Waals surface area contributed by atoms with Crippen LogP contribution in [0.5, 0.6) is 0 Å². The molecule has 0 fully saturated rings. The van der Waals surface area contributed by atoms with Crippen LogP contribution in [0.1, 0.15) is 53.9 Å². The van der Waals surface area contributed by atoms with Gasteiger partial charge < -0.3 is 10.1 Å². The minimum Gasteiger partial charge on any atom is -0.459 e. The van der Waals surface area contributed by atoms with E-state index in [0.29, 0.717) is 5.92 Å². The molecule has 0 radical (unpaired) electrons. The lowest BCUT2D eigenvalue weighted by molar-refractivity contribution is -0.157. The van der Waals surface area contributed by atoms with Crippen molar-refractivity contribution in [3.05, 3.63) is 12.7 Å². The molecule has 106 valence electrons. The van der Waals surface area contributed by atoms with Crippen molar-refractivity contribution in [3.63, 3.8) is 0 Å². The van der Waals surface area contributed by atoms with Crippen molar-refractivity contribution in [1.82, 2.24) is 5.32 Å². The van der Waals surface area contributed by atoms with Gasteiger partial charge in [-0.25, -0.2) is 0 Å². The lowest BCUT2D eigenvalue weighted by Gasteiger charge is -2.25. The van der Waals surface area contributed by atoms with Crippen LogP contribution in [0.15, 0.2) is 12.7 Å². The fourth-order valence-electron chi connectivity index (χ4n) is 1.63. The SMILES string of the molecule is C=CCCCN[C@@H](CC(C)C)C(=O)OC(C)(C)C. The van der Waals surface area contributed by atoms with Crippen LogP contribution in [0.4, 0.5) is 0 Å². The van der Waals surface area contributed by atoms with E-state index in [9.17, 15) is 4.79 Å². The number of carbonyl (C=O) groups is 1. The first kappa shape index (κ1) is 17.2. The van der Waals surface area contributed by atoms with Crippen molar-refractivity contribution in [2.75, 3.05) is 6.54 Å². The molecule has 0 aromatic heterocycles. The van der Waals surface area contributed by atoms with Crippen LogP contribution in [0, 0.1) is 5.92 Å². The summed E-state index contributed by atoms with van der Waals surface area (Å²) >= 11 is 0. The Bertz CT molecular complexity index is 254. The Kier molecular flexibility index (Phi) is 7.92. The molecule has 0 rings (SSSR count). The Morgan fingerprint density at radius 2 is 2.00 bits per heavy atom. The van der Waals surface area contributed by atoms with E-state index >= 15 is 0 Å². The van der Waals surface area contributed by atoms with Gasteiger partial charge in [-0.3, -0.25) is 4.79 Å². The highest BCUT2D eigenvalue weighted by molar-refractivity contribution is 5.76. The van der Waals surface area contributed by atoms with Crippen molar-refractivity contribution in [2.24, 2.45) is 5.92 Å². The monoisotopic (exact) mass is 255 g/mol. The predicted molar refractivity (Wildman–Crippen MR) is 76.5 cm³/mol. The highest BCUT2D eigenvalue weighted by atomic mass is 16.6. The first-order chi connectivity index (χ1) is 8.26. The molecule has 0 amide bonds. The van der Waals surface area contributed by atoms with E-state index in [-0.39, 0.29) is 12.0 Å². The zero-order valence-corrected chi connectivity index (χ0v) is 12.6. The molecule has 18 heavy (non-hydrogen) atoms. The number of ether oxygens (including phenoxy) is 1. The van der Waals surface area contributed by atoms with Crippen LogP contribution in [-0.4, -0.2) is 24.2 Å². The first-order valence-corrected chi connectivity index (χ1v) is 6.83. The topological polar surface area (TPSA) is 38.3 Å². The summed E-state index contributed by atoms with van der Waals surface area (Å²) in [6, 6.07) is -0.200. The molecule has 0 aliphatic heterocycles. The summed E-state index contributed by atoms with van der Waals surface area (Å²) in [5.74, 6) is 0.323. The molecule has 0 saturated heterocycles. The molecular formula is C15H29NO2. The van der Waals surface area contributed by atoms with E-state index in [1.165, 1.54) is 0 Å². The van der Waals surface area contributed by atoms with Crippen molar-refractivity contribution < 1.29 is 9.53 Å². The zero-order chi connectivity index (χ0) is 14.2. The third kappa shape index (κ3) is 9.23. The number of carbonyl (C=O) groups excluding carboxylic acids is 1. The van der Waals surface area contributed by atoms with Gasteiger partial charge in [-0.15, -0.1) is 6.58 Å². The predicted octanol–water partition coefficient (Wildman–Crippen LogP) is 3.30. The maximum Gasteiger partial charge on any atom is 0.323 e. The van der Waals surface area contributed by atoms with Crippen LogP contribution in [0.25, 0.3) is 0 Å². The fraction of sp³-hybridized carbons (Fsp3) is 0.800. The van der Waals surface area contributed by atoms with Crippen LogP contribution in [0.3, 0.4) is 0 Å². The number of rotatable bonds is 8. The molecule has 0 aromatic rings. The van der Waals surface area contributed by atoms with Gasteiger partial charge in [0.15, 0.2) is 0 Å². The molecule has 0 heterocycles. The number of allylic oxidation sites excluding steroid dienone is 1. The van der Waals surface area contributed by atoms with Crippen molar-refractivity contribution in [1.29, 1.82) is 0 Å². The van der Waals surface area contributed by atoms with E-state index in [1.54, 1.807) is 0 Å². The minimum atomic E-state index is -0.422. The van der Waals surface area contributed by atoms with E-state index < -0.39 is 5.60 Å². The maximum absolute atomic E-state index is 12.1. The van der Waals surface area contributed by atoms with Crippen molar-refractivity contribution >= 4 is 5.97 Å². The lowest BCUT2D eigenvalue weighted by Crippen LogP contribution is -2.42. The van der Waals surface area contributed by atoms with Crippen molar-refractivity contribution in [3.8, 4) is 0 Å². The third-order valence-electron chi connectivity index (χ3n) is 2.37. The summed E-state index contributed by atoms with van der Waals surface area (Å²) in [7, 11) is 0. The standard InChI is InChI=1S/C15H29NO2/c1-7-8-9-10-16-13(11-12(2)3)14(17)18-15(4,5)6/h7,12-13,16H,1,8-11H2,2-6H3/t13-/m0/s1. The number of hydrogen-bond donors (Lipinski definition) is 1. The van der Waals surface area contributed by atoms with Crippen LogP contribution < -0.4 is 5.32 Å². The van der Waals surface area contributed by atoms with Gasteiger partial charge >= 0.3 is 5.97 Å². The van der Waals surface area contributed by atoms with Crippen LogP contribution in [0.2, 0.25) is 0 Å². The average Bonchev–Trinajstić information content (AvgIpc) is 2.19. The van der Waals surface area contributed by atoms with Gasteiger partial charge in [-0.1, -0.05) is 19.9 Å².